The van der Waals surface area contributed by atoms with E-state index in [9.17, 15) is 9.59 Å². The molecule has 1 aromatic heterocycles. The number of amides is 2. The third kappa shape index (κ3) is 3.70. The molecule has 2 N–H and O–H groups in total. The second kappa shape index (κ2) is 7.19. The minimum absolute atomic E-state index is 0.161. The molecule has 0 spiro atoms. The van der Waals surface area contributed by atoms with Crippen LogP contribution in [0, 0.1) is 6.92 Å². The van der Waals surface area contributed by atoms with E-state index in [1.165, 1.54) is 10.9 Å². The maximum atomic E-state index is 12.2. The van der Waals surface area contributed by atoms with Gasteiger partial charge in [-0.1, -0.05) is 47.5 Å². The van der Waals surface area contributed by atoms with Crippen LogP contribution in [0.5, 0.6) is 0 Å². The lowest BCUT2D eigenvalue weighted by Crippen LogP contribution is -2.41. The Balaban J connectivity index is 1.70. The first-order valence-corrected chi connectivity index (χ1v) is 7.90. The number of nitrogens with one attached hydrogen (secondary N) is 2. The van der Waals surface area contributed by atoms with Crippen molar-refractivity contribution in [2.75, 3.05) is 0 Å². The van der Waals surface area contributed by atoms with Gasteiger partial charge in [-0.25, -0.2) is 4.68 Å². The molecule has 0 unspecified atom stereocenters. The van der Waals surface area contributed by atoms with Crippen molar-refractivity contribution in [1.29, 1.82) is 0 Å². The van der Waals surface area contributed by atoms with Gasteiger partial charge in [0, 0.05) is 5.56 Å². The van der Waals surface area contributed by atoms with Crippen molar-refractivity contribution in [3.05, 3.63) is 82.6 Å². The molecule has 0 bridgehead atoms. The van der Waals surface area contributed by atoms with Crippen molar-refractivity contribution in [3.8, 4) is 5.69 Å². The quantitative estimate of drug-likeness (QED) is 0.710. The summed E-state index contributed by atoms with van der Waals surface area (Å²) in [6.07, 6.45) is 1.35. The molecule has 126 valence electrons. The molecule has 0 aliphatic heterocycles. The molecule has 0 saturated heterocycles. The van der Waals surface area contributed by atoms with Crippen LogP contribution in [0.4, 0.5) is 0 Å². The lowest BCUT2D eigenvalue weighted by atomic mass is 10.1. The Bertz CT molecular complexity index is 922. The molecule has 0 aliphatic rings. The Morgan fingerprint density at radius 2 is 1.72 bits per heavy atom. The van der Waals surface area contributed by atoms with Crippen LogP contribution in [0.1, 0.15) is 26.3 Å². The lowest BCUT2D eigenvalue weighted by molar-refractivity contribution is 0.0846. The van der Waals surface area contributed by atoms with E-state index in [1.54, 1.807) is 18.2 Å². The molecule has 1 heterocycles. The van der Waals surface area contributed by atoms with E-state index < -0.39 is 11.8 Å². The molecule has 0 radical (unpaired) electrons. The van der Waals surface area contributed by atoms with Crippen LogP contribution in [-0.4, -0.2) is 21.6 Å². The molecule has 25 heavy (non-hydrogen) atoms. The summed E-state index contributed by atoms with van der Waals surface area (Å²) in [4.78, 5) is 24.3. The van der Waals surface area contributed by atoms with Crippen molar-refractivity contribution < 1.29 is 9.59 Å². The fourth-order valence-electron chi connectivity index (χ4n) is 2.27. The average molecular weight is 355 g/mol. The summed E-state index contributed by atoms with van der Waals surface area (Å²) in [5.41, 5.74) is 7.01. The minimum Gasteiger partial charge on any atom is -0.267 e. The summed E-state index contributed by atoms with van der Waals surface area (Å²) < 4.78 is 1.44. The number of hydrogen-bond donors (Lipinski definition) is 2. The number of aromatic nitrogens is 2. The van der Waals surface area contributed by atoms with Crippen molar-refractivity contribution in [2.24, 2.45) is 0 Å². The van der Waals surface area contributed by atoms with E-state index in [0.29, 0.717) is 5.56 Å². The lowest BCUT2D eigenvalue weighted by Gasteiger charge is -2.07. The number of hydrogen-bond acceptors (Lipinski definition) is 3. The highest BCUT2D eigenvalue weighted by molar-refractivity contribution is 6.33. The molecule has 2 amide bonds. The number of carbonyl (C=O) groups is 2. The number of nitrogens with zero attached hydrogens (tertiary/aromatic N) is 2. The number of hydrazine groups is 1. The van der Waals surface area contributed by atoms with Crippen LogP contribution in [0.15, 0.2) is 60.8 Å². The van der Waals surface area contributed by atoms with Gasteiger partial charge in [-0.2, -0.15) is 5.10 Å². The first kappa shape index (κ1) is 16.7. The SMILES string of the molecule is Cc1cccc(C(=O)NNC(=O)c2cnn(-c3ccccc3)c2Cl)c1. The zero-order valence-corrected chi connectivity index (χ0v) is 14.1. The highest BCUT2D eigenvalue weighted by Gasteiger charge is 2.17. The van der Waals surface area contributed by atoms with E-state index in [-0.39, 0.29) is 10.7 Å². The van der Waals surface area contributed by atoms with Crippen LogP contribution in [0.3, 0.4) is 0 Å². The number of halogens is 1. The smallest absolute Gasteiger partial charge is 0.267 e. The van der Waals surface area contributed by atoms with Crippen LogP contribution < -0.4 is 10.9 Å². The zero-order valence-electron chi connectivity index (χ0n) is 13.4. The third-order valence-corrected chi connectivity index (χ3v) is 3.89. The summed E-state index contributed by atoms with van der Waals surface area (Å²) in [6.45, 7) is 1.88. The van der Waals surface area contributed by atoms with Crippen LogP contribution >= 0.6 is 11.6 Å². The van der Waals surface area contributed by atoms with Crippen molar-refractivity contribution >= 4 is 23.4 Å². The van der Waals surface area contributed by atoms with Gasteiger partial charge < -0.3 is 0 Å². The Hall–Kier alpha value is -3.12. The number of carbonyl (C=O) groups excluding carboxylic acids is 2. The Labute approximate surface area is 149 Å². The van der Waals surface area contributed by atoms with Crippen molar-refractivity contribution in [2.45, 2.75) is 6.92 Å². The molecule has 0 aliphatic carbocycles. The van der Waals surface area contributed by atoms with E-state index in [4.69, 9.17) is 11.6 Å². The number of benzene rings is 2. The van der Waals surface area contributed by atoms with Crippen LogP contribution in [-0.2, 0) is 0 Å². The summed E-state index contributed by atoms with van der Waals surface area (Å²) in [5.74, 6) is -0.961. The summed E-state index contributed by atoms with van der Waals surface area (Å²) in [6, 6.07) is 16.2. The van der Waals surface area contributed by atoms with Gasteiger partial charge in [-0.15, -0.1) is 0 Å². The summed E-state index contributed by atoms with van der Waals surface area (Å²) in [7, 11) is 0. The summed E-state index contributed by atoms with van der Waals surface area (Å²) in [5, 5.41) is 4.28. The Morgan fingerprint density at radius 1 is 1.00 bits per heavy atom. The molecule has 0 saturated carbocycles. The molecule has 3 rings (SSSR count). The van der Waals surface area contributed by atoms with E-state index in [1.807, 2.05) is 43.3 Å². The van der Waals surface area contributed by atoms with Gasteiger partial charge in [-0.05, 0) is 31.2 Å². The third-order valence-electron chi connectivity index (χ3n) is 3.53. The largest absolute Gasteiger partial charge is 0.274 e. The Morgan fingerprint density at radius 3 is 2.44 bits per heavy atom. The first-order valence-electron chi connectivity index (χ1n) is 7.52. The number of para-hydroxylation sites is 1. The fraction of sp³-hybridized carbons (Fsp3) is 0.0556. The van der Waals surface area contributed by atoms with Gasteiger partial charge in [0.15, 0.2) is 0 Å². The highest BCUT2D eigenvalue weighted by Crippen LogP contribution is 2.19. The van der Waals surface area contributed by atoms with E-state index in [2.05, 4.69) is 16.0 Å². The second-order valence-electron chi connectivity index (χ2n) is 5.37. The standard InChI is InChI=1S/C18H15ClN4O2/c1-12-6-5-7-13(10-12)17(24)21-22-18(25)15-11-20-23(16(15)19)14-8-3-2-4-9-14/h2-11H,1H3,(H,21,24)(H,22,25). The maximum absolute atomic E-state index is 12.2. The molecule has 6 nitrogen and oxygen atoms in total. The first-order chi connectivity index (χ1) is 12.1. The predicted octanol–water partition coefficient (Wildman–Crippen LogP) is 2.91. The normalized spacial score (nSPS) is 10.3. The molecule has 7 heteroatoms. The molecular formula is C18H15ClN4O2. The topological polar surface area (TPSA) is 76.0 Å². The van der Waals surface area contributed by atoms with Gasteiger partial charge in [0.2, 0.25) is 0 Å². The van der Waals surface area contributed by atoms with E-state index >= 15 is 0 Å². The van der Waals surface area contributed by atoms with Gasteiger partial charge in [0.25, 0.3) is 11.8 Å². The van der Waals surface area contributed by atoms with Gasteiger partial charge in [-0.3, -0.25) is 20.4 Å². The monoisotopic (exact) mass is 354 g/mol. The highest BCUT2D eigenvalue weighted by atomic mass is 35.5. The number of aryl methyl sites for hydroxylation is 1. The maximum Gasteiger partial charge on any atom is 0.274 e. The number of rotatable bonds is 3. The molecule has 0 fully saturated rings. The van der Waals surface area contributed by atoms with Crippen LogP contribution in [0.25, 0.3) is 5.69 Å². The van der Waals surface area contributed by atoms with Crippen LogP contribution in [0.2, 0.25) is 5.15 Å². The van der Waals surface area contributed by atoms with Crippen molar-refractivity contribution in [1.82, 2.24) is 20.6 Å². The summed E-state index contributed by atoms with van der Waals surface area (Å²) >= 11 is 6.23. The molecule has 0 atom stereocenters. The van der Waals surface area contributed by atoms with Gasteiger partial charge in [0.1, 0.15) is 5.15 Å². The molecular weight excluding hydrogens is 340 g/mol. The predicted molar refractivity (Wildman–Crippen MR) is 94.7 cm³/mol. The average Bonchev–Trinajstić information content (AvgIpc) is 3.01. The minimum atomic E-state index is -0.548. The van der Waals surface area contributed by atoms with E-state index in [0.717, 1.165) is 11.3 Å². The zero-order chi connectivity index (χ0) is 17.8. The van der Waals surface area contributed by atoms with Crippen molar-refractivity contribution in [3.63, 3.8) is 0 Å². The molecule has 2 aromatic carbocycles. The fourth-order valence-corrected chi connectivity index (χ4v) is 2.55. The van der Waals surface area contributed by atoms with Gasteiger partial charge in [0.05, 0.1) is 17.4 Å². The van der Waals surface area contributed by atoms with Gasteiger partial charge >= 0.3 is 0 Å². The Kier molecular flexibility index (Phi) is 4.81. The second-order valence-corrected chi connectivity index (χ2v) is 5.73. The molecule has 3 aromatic rings.